The van der Waals surface area contributed by atoms with E-state index in [9.17, 15) is 0 Å². The van der Waals surface area contributed by atoms with E-state index in [1.165, 1.54) is 12.8 Å². The Balaban J connectivity index is 2.07. The fourth-order valence-electron chi connectivity index (χ4n) is 2.35. The first-order valence-corrected chi connectivity index (χ1v) is 7.04. The minimum Gasteiger partial charge on any atom is -0.487 e. The third-order valence-corrected chi connectivity index (χ3v) is 4.15. The Morgan fingerprint density at radius 1 is 1.17 bits per heavy atom. The molecule has 1 fully saturated rings. The lowest BCUT2D eigenvalue weighted by Gasteiger charge is -2.34. The van der Waals surface area contributed by atoms with Gasteiger partial charge in [-0.15, -0.1) is 0 Å². The molecule has 2 N–H and O–H groups in total. The molecule has 0 unspecified atom stereocenters. The predicted octanol–water partition coefficient (Wildman–Crippen LogP) is 4.92. The molecule has 1 aliphatic carbocycles. The summed E-state index contributed by atoms with van der Waals surface area (Å²) in [6.07, 6.45) is 4.63. The number of nitrogen functional groups attached to an aromatic ring is 1. The van der Waals surface area contributed by atoms with Gasteiger partial charge >= 0.3 is 0 Å². The van der Waals surface area contributed by atoms with Gasteiger partial charge in [0.15, 0.2) is 5.75 Å². The molecule has 2 rings (SSSR count). The van der Waals surface area contributed by atoms with Crippen molar-refractivity contribution in [2.75, 3.05) is 5.73 Å². The van der Waals surface area contributed by atoms with E-state index in [4.69, 9.17) is 33.7 Å². The van der Waals surface area contributed by atoms with Crippen LogP contribution in [0.3, 0.4) is 0 Å². The molecule has 0 aromatic heterocycles. The highest BCUT2D eigenvalue weighted by Crippen LogP contribution is 2.40. The molecule has 0 spiro atoms. The fraction of sp³-hybridized carbons (Fsp3) is 0.571. The zero-order valence-corrected chi connectivity index (χ0v) is 12.3. The number of anilines is 1. The zero-order valence-electron chi connectivity index (χ0n) is 10.8. The lowest BCUT2D eigenvalue weighted by Crippen LogP contribution is -2.28. The van der Waals surface area contributed by atoms with Crippen molar-refractivity contribution < 1.29 is 4.74 Å². The second-order valence-corrected chi connectivity index (χ2v) is 6.61. The van der Waals surface area contributed by atoms with Crippen LogP contribution in [0.4, 0.5) is 5.69 Å². The maximum Gasteiger partial charge on any atom is 0.157 e. The van der Waals surface area contributed by atoms with Gasteiger partial charge in [0, 0.05) is 5.69 Å². The third-order valence-electron chi connectivity index (χ3n) is 3.59. The minimum atomic E-state index is 0.205. The molecular formula is C14H19Cl2NO. The molecule has 0 aliphatic heterocycles. The van der Waals surface area contributed by atoms with Crippen LogP contribution in [0.15, 0.2) is 12.1 Å². The fourth-order valence-corrected chi connectivity index (χ4v) is 2.94. The molecule has 1 saturated carbocycles. The van der Waals surface area contributed by atoms with E-state index in [1.54, 1.807) is 12.1 Å². The summed E-state index contributed by atoms with van der Waals surface area (Å²) in [4.78, 5) is 0. The highest BCUT2D eigenvalue weighted by Gasteiger charge is 2.28. The van der Waals surface area contributed by atoms with Gasteiger partial charge in [0.2, 0.25) is 0 Å². The average Bonchev–Trinajstić information content (AvgIpc) is 2.25. The van der Waals surface area contributed by atoms with Gasteiger partial charge in [-0.25, -0.2) is 0 Å². The van der Waals surface area contributed by atoms with Crippen LogP contribution in [0.2, 0.25) is 10.0 Å². The van der Waals surface area contributed by atoms with Crippen LogP contribution in [0.1, 0.15) is 39.5 Å². The van der Waals surface area contributed by atoms with E-state index in [1.807, 2.05) is 0 Å². The third kappa shape index (κ3) is 3.24. The van der Waals surface area contributed by atoms with Gasteiger partial charge in [0.25, 0.3) is 0 Å². The van der Waals surface area contributed by atoms with Crippen LogP contribution >= 0.6 is 23.2 Å². The summed E-state index contributed by atoms with van der Waals surface area (Å²) >= 11 is 12.2. The Morgan fingerprint density at radius 3 is 2.17 bits per heavy atom. The van der Waals surface area contributed by atoms with E-state index >= 15 is 0 Å². The first-order valence-electron chi connectivity index (χ1n) is 6.28. The zero-order chi connectivity index (χ0) is 13.3. The van der Waals surface area contributed by atoms with Crippen LogP contribution in [0, 0.1) is 5.41 Å². The number of benzene rings is 1. The van der Waals surface area contributed by atoms with Gasteiger partial charge in [0.05, 0.1) is 16.1 Å². The highest BCUT2D eigenvalue weighted by atomic mass is 35.5. The quantitative estimate of drug-likeness (QED) is 0.784. The Morgan fingerprint density at radius 2 is 1.67 bits per heavy atom. The Labute approximate surface area is 118 Å². The Hall–Kier alpha value is -0.600. The van der Waals surface area contributed by atoms with E-state index < -0.39 is 0 Å². The van der Waals surface area contributed by atoms with Crippen molar-refractivity contribution >= 4 is 28.9 Å². The summed E-state index contributed by atoms with van der Waals surface area (Å²) in [5, 5.41) is 0.981. The van der Waals surface area contributed by atoms with E-state index in [2.05, 4.69) is 13.8 Å². The van der Waals surface area contributed by atoms with Crippen LogP contribution in [0.25, 0.3) is 0 Å². The largest absolute Gasteiger partial charge is 0.487 e. The monoisotopic (exact) mass is 287 g/mol. The van der Waals surface area contributed by atoms with Gasteiger partial charge in [-0.05, 0) is 43.2 Å². The summed E-state index contributed by atoms with van der Waals surface area (Å²) in [5.41, 5.74) is 6.66. The molecule has 0 heterocycles. The number of halogens is 2. The molecule has 1 aliphatic rings. The summed E-state index contributed by atoms with van der Waals surface area (Å²) in [5.74, 6) is 0.567. The van der Waals surface area contributed by atoms with Gasteiger partial charge in [-0.3, -0.25) is 0 Å². The lowest BCUT2D eigenvalue weighted by molar-refractivity contribution is 0.0989. The molecule has 2 nitrogen and oxygen atoms in total. The number of hydrogen-bond donors (Lipinski definition) is 1. The SMILES string of the molecule is CC1(C)CCC(Oc2c(Cl)cc(N)cc2Cl)CC1. The molecule has 0 saturated heterocycles. The second kappa shape index (κ2) is 5.18. The van der Waals surface area contributed by atoms with Crippen LogP contribution in [-0.2, 0) is 0 Å². The van der Waals surface area contributed by atoms with Crippen molar-refractivity contribution in [3.63, 3.8) is 0 Å². The van der Waals surface area contributed by atoms with Crippen LogP contribution in [-0.4, -0.2) is 6.10 Å². The Kier molecular flexibility index (Phi) is 3.98. The van der Waals surface area contributed by atoms with Gasteiger partial charge in [-0.2, -0.15) is 0 Å². The van der Waals surface area contributed by atoms with Gasteiger partial charge in [-0.1, -0.05) is 37.0 Å². The first-order chi connectivity index (χ1) is 8.37. The van der Waals surface area contributed by atoms with E-state index in [-0.39, 0.29) is 6.10 Å². The average molecular weight is 288 g/mol. The second-order valence-electron chi connectivity index (χ2n) is 5.80. The van der Waals surface area contributed by atoms with Crippen molar-refractivity contribution in [2.24, 2.45) is 5.41 Å². The number of ether oxygens (including phenoxy) is 1. The highest BCUT2D eigenvalue weighted by molar-refractivity contribution is 6.37. The summed E-state index contributed by atoms with van der Waals surface area (Å²) < 4.78 is 5.95. The van der Waals surface area contributed by atoms with Crippen LogP contribution in [0.5, 0.6) is 5.75 Å². The molecule has 1 aromatic carbocycles. The molecule has 0 atom stereocenters. The molecule has 1 aromatic rings. The topological polar surface area (TPSA) is 35.2 Å². The molecule has 0 amide bonds. The summed E-state index contributed by atoms with van der Waals surface area (Å²) in [6, 6.07) is 3.35. The van der Waals surface area contributed by atoms with Crippen molar-refractivity contribution in [3.8, 4) is 5.75 Å². The van der Waals surface area contributed by atoms with Gasteiger partial charge in [0.1, 0.15) is 0 Å². The number of nitrogens with two attached hydrogens (primary N) is 1. The molecule has 0 bridgehead atoms. The van der Waals surface area contributed by atoms with Crippen molar-refractivity contribution in [3.05, 3.63) is 22.2 Å². The summed E-state index contributed by atoms with van der Waals surface area (Å²) in [6.45, 7) is 4.60. The molecule has 18 heavy (non-hydrogen) atoms. The van der Waals surface area contributed by atoms with Crippen molar-refractivity contribution in [1.29, 1.82) is 0 Å². The standard InChI is InChI=1S/C14H19Cl2NO/c1-14(2)5-3-10(4-6-14)18-13-11(15)7-9(17)8-12(13)16/h7-8,10H,3-6,17H2,1-2H3. The smallest absolute Gasteiger partial charge is 0.157 e. The number of hydrogen-bond acceptors (Lipinski definition) is 2. The predicted molar refractivity (Wildman–Crippen MR) is 77.5 cm³/mol. The molecule has 0 radical (unpaired) electrons. The van der Waals surface area contributed by atoms with Crippen molar-refractivity contribution in [2.45, 2.75) is 45.6 Å². The Bertz CT molecular complexity index is 412. The first kappa shape index (κ1) is 13.8. The number of rotatable bonds is 2. The minimum absolute atomic E-state index is 0.205. The maximum absolute atomic E-state index is 6.12. The normalized spacial score (nSPS) is 19.8. The molecular weight excluding hydrogens is 269 g/mol. The molecule has 100 valence electrons. The maximum atomic E-state index is 6.12. The summed E-state index contributed by atoms with van der Waals surface area (Å²) in [7, 11) is 0. The van der Waals surface area contributed by atoms with Crippen LogP contribution < -0.4 is 10.5 Å². The van der Waals surface area contributed by atoms with E-state index in [0.29, 0.717) is 26.9 Å². The van der Waals surface area contributed by atoms with Crippen molar-refractivity contribution in [1.82, 2.24) is 0 Å². The lowest BCUT2D eigenvalue weighted by atomic mass is 9.76. The van der Waals surface area contributed by atoms with Gasteiger partial charge < -0.3 is 10.5 Å². The molecule has 4 heteroatoms. The van der Waals surface area contributed by atoms with E-state index in [0.717, 1.165) is 12.8 Å².